The van der Waals surface area contributed by atoms with Crippen LogP contribution in [0, 0.1) is 17.2 Å². The number of rotatable bonds is 23. The average molecular weight is 1420 g/mol. The summed E-state index contributed by atoms with van der Waals surface area (Å²) in [4.78, 5) is 63.1. The van der Waals surface area contributed by atoms with E-state index in [-0.39, 0.29) is 29.4 Å². The van der Waals surface area contributed by atoms with Crippen molar-refractivity contribution in [1.29, 1.82) is 0 Å². The van der Waals surface area contributed by atoms with Crippen molar-refractivity contribution in [1.82, 2.24) is 35.0 Å². The third kappa shape index (κ3) is 18.6. The normalized spacial score (nSPS) is 21.4. The van der Waals surface area contributed by atoms with Crippen LogP contribution in [0.5, 0.6) is 0 Å². The van der Waals surface area contributed by atoms with Crippen molar-refractivity contribution >= 4 is 89.5 Å². The van der Waals surface area contributed by atoms with E-state index < -0.39 is 82.4 Å². The summed E-state index contributed by atoms with van der Waals surface area (Å²) in [6, 6.07) is 29.5. The summed E-state index contributed by atoms with van der Waals surface area (Å²) in [5.41, 5.74) is -0.794. The van der Waals surface area contributed by atoms with Gasteiger partial charge in [-0.3, -0.25) is 34.3 Å². The number of anilines is 3. The van der Waals surface area contributed by atoms with E-state index in [1.807, 2.05) is 47.2 Å². The number of nitrogens with zero attached hydrogens (tertiary/aromatic N) is 6. The van der Waals surface area contributed by atoms with Gasteiger partial charge in [-0.1, -0.05) is 54.4 Å². The number of alkyl halides is 3. The molecule has 19 nitrogen and oxygen atoms in total. The summed E-state index contributed by atoms with van der Waals surface area (Å²) in [7, 11) is -11.0. The van der Waals surface area contributed by atoms with Crippen LogP contribution in [0.15, 0.2) is 136 Å². The summed E-state index contributed by atoms with van der Waals surface area (Å²) >= 11 is 7.84. The van der Waals surface area contributed by atoms with Crippen molar-refractivity contribution in [3.8, 4) is 0 Å². The molecule has 0 aromatic heterocycles. The number of carbonyl (C=O) groups is 4. The quantitative estimate of drug-likeness (QED) is 0.0272. The van der Waals surface area contributed by atoms with E-state index in [1.165, 1.54) is 52.7 Å². The molecule has 1 aliphatic carbocycles. The molecule has 0 spiro atoms. The lowest BCUT2D eigenvalue weighted by Gasteiger charge is -2.44. The van der Waals surface area contributed by atoms with E-state index in [1.54, 1.807) is 18.2 Å². The summed E-state index contributed by atoms with van der Waals surface area (Å²) in [5, 5.41) is 8.46. The van der Waals surface area contributed by atoms with Crippen molar-refractivity contribution in [3.63, 3.8) is 0 Å². The lowest BCUT2D eigenvalue weighted by molar-refractivity contribution is -0.134. The Morgan fingerprint density at radius 1 is 0.742 bits per heavy atom. The van der Waals surface area contributed by atoms with Crippen LogP contribution in [-0.2, 0) is 34.2 Å². The van der Waals surface area contributed by atoms with Crippen LogP contribution in [0.25, 0.3) is 5.57 Å². The van der Waals surface area contributed by atoms with Gasteiger partial charge in [0.05, 0.1) is 22.8 Å². The van der Waals surface area contributed by atoms with Crippen LogP contribution >= 0.6 is 23.4 Å². The smallest absolute Gasteiger partial charge is 0.380 e. The molecule has 97 heavy (non-hydrogen) atoms. The Morgan fingerprint density at radius 2 is 1.43 bits per heavy atom. The molecular weight excluding hydrogens is 1330 g/mol. The molecule has 0 bridgehead atoms. The number of carbonyl (C=O) groups excluding carboxylic acids is 4. The van der Waals surface area contributed by atoms with E-state index in [4.69, 9.17) is 16.3 Å². The van der Waals surface area contributed by atoms with Crippen molar-refractivity contribution in [3.05, 3.63) is 148 Å². The highest BCUT2D eigenvalue weighted by Crippen LogP contribution is 2.45. The highest BCUT2D eigenvalue weighted by atomic mass is 35.5. The molecule has 27 heteroatoms. The number of nitrogens with one attached hydrogen (secondary N) is 4. The third-order valence-electron chi connectivity index (χ3n) is 19.6. The fraction of sp³-hybridized carbons (Fsp3) is 0.486. The zero-order valence-electron chi connectivity index (χ0n) is 54.5. The minimum Gasteiger partial charge on any atom is -0.380 e. The molecule has 5 heterocycles. The van der Waals surface area contributed by atoms with E-state index >= 15 is 4.39 Å². The average Bonchev–Trinajstić information content (AvgIpc) is 0.832. The van der Waals surface area contributed by atoms with Gasteiger partial charge in [-0.15, -0.1) is 11.8 Å². The molecule has 5 aliphatic heterocycles. The van der Waals surface area contributed by atoms with Gasteiger partial charge in [0.2, 0.25) is 11.8 Å². The minimum atomic E-state index is -6.10. The van der Waals surface area contributed by atoms with Crippen molar-refractivity contribution in [2.45, 2.75) is 97.0 Å². The molecular formula is C70H85ClF4N10O9S3. The van der Waals surface area contributed by atoms with Gasteiger partial charge >= 0.3 is 5.51 Å². The number of imide groups is 1. The molecule has 3 atom stereocenters. The molecule has 4 amide bonds. The number of ether oxygens (including phenoxy) is 1. The van der Waals surface area contributed by atoms with Gasteiger partial charge in [0.1, 0.15) is 16.8 Å². The zero-order valence-corrected chi connectivity index (χ0v) is 57.7. The van der Waals surface area contributed by atoms with Gasteiger partial charge < -0.3 is 35.0 Å². The maximum atomic E-state index is 15.3. The molecule has 0 radical (unpaired) electrons. The van der Waals surface area contributed by atoms with Crippen molar-refractivity contribution < 1.29 is 58.3 Å². The summed E-state index contributed by atoms with van der Waals surface area (Å²) in [6.07, 6.45) is 6.69. The Labute approximate surface area is 575 Å². The molecule has 522 valence electrons. The maximum absolute atomic E-state index is 15.3. The number of sulfonamides is 1. The number of allylic oxidation sites excluding steroid dienone is 1. The lowest BCUT2D eigenvalue weighted by Crippen LogP contribution is -2.52. The van der Waals surface area contributed by atoms with Crippen molar-refractivity contribution in [2.24, 2.45) is 11.3 Å². The molecule has 5 aromatic carbocycles. The number of sulfone groups is 1. The van der Waals surface area contributed by atoms with E-state index in [2.05, 4.69) is 64.4 Å². The molecule has 4 N–H and O–H groups in total. The van der Waals surface area contributed by atoms with E-state index in [9.17, 15) is 49.2 Å². The Bertz CT molecular complexity index is 3870. The van der Waals surface area contributed by atoms with Crippen LogP contribution in [0.4, 0.5) is 34.6 Å². The van der Waals surface area contributed by atoms with Gasteiger partial charge in [0.25, 0.3) is 31.7 Å². The van der Waals surface area contributed by atoms with Gasteiger partial charge in [-0.2, -0.15) is 13.2 Å². The van der Waals surface area contributed by atoms with Crippen LogP contribution in [0.3, 0.4) is 0 Å². The number of likely N-dealkylation sites (tertiary alicyclic amines) is 1. The number of thioether (sulfide) groups is 1. The van der Waals surface area contributed by atoms with E-state index in [0.717, 1.165) is 140 Å². The summed E-state index contributed by atoms with van der Waals surface area (Å²) < 4.78 is 120. The monoisotopic (exact) mass is 1420 g/mol. The molecule has 0 saturated carbocycles. The maximum Gasteiger partial charge on any atom is 0.501 e. The number of piperidine rings is 2. The van der Waals surface area contributed by atoms with Crippen LogP contribution < -0.4 is 30.5 Å². The van der Waals surface area contributed by atoms with Crippen molar-refractivity contribution in [2.75, 3.05) is 139 Å². The Morgan fingerprint density at radius 3 is 2.12 bits per heavy atom. The molecule has 5 fully saturated rings. The molecule has 6 aliphatic rings. The fourth-order valence-electron chi connectivity index (χ4n) is 14.1. The molecule has 5 saturated heterocycles. The first-order chi connectivity index (χ1) is 46.4. The lowest BCUT2D eigenvalue weighted by atomic mass is 9.71. The molecule has 0 unspecified atom stereocenters. The first-order valence-electron chi connectivity index (χ1n) is 33.4. The van der Waals surface area contributed by atoms with Crippen LogP contribution in [-0.4, -0.2) is 201 Å². The predicted octanol–water partition coefficient (Wildman–Crippen LogP) is 9.41. The molecule has 11 rings (SSSR count). The fourth-order valence-corrected chi connectivity index (χ4v) is 17.2. The number of hydrogen-bond acceptors (Lipinski definition) is 17. The minimum absolute atomic E-state index is 0.0250. The number of piperazine rings is 2. The Balaban J connectivity index is 0.663. The number of amides is 4. The first-order valence-corrected chi connectivity index (χ1v) is 37.7. The van der Waals surface area contributed by atoms with Crippen LogP contribution in [0.2, 0.25) is 5.02 Å². The van der Waals surface area contributed by atoms with Gasteiger partial charge in [0.15, 0.2) is 0 Å². The van der Waals surface area contributed by atoms with E-state index in [0.29, 0.717) is 74.3 Å². The third-order valence-corrected chi connectivity index (χ3v) is 23.9. The van der Waals surface area contributed by atoms with Gasteiger partial charge in [0, 0.05) is 143 Å². The summed E-state index contributed by atoms with van der Waals surface area (Å²) in [6.45, 7) is 16.5. The largest absolute Gasteiger partial charge is 0.501 e. The SMILES string of the molecule is C[C@@]1(CN2CCC(CN3CCN(c4ccc(C(=O)N[C@H]5CCC(=O)NC5=O)c(F)c4)CC3)CC2)CCC(c2ccc(Cl)cc2)=C(CN2CCN(c3ccc(C(=O)NS(=O)(=O)c4ccc(N[C@H](CCN5CCCOCC5)CSc5ccccc5)c(S(=O)(=O)C(F)(F)F)c4)cc3)CC2)C1. The Hall–Kier alpha value is -6.62. The number of hydrogen-bond donors (Lipinski definition) is 4. The van der Waals surface area contributed by atoms with Gasteiger partial charge in [-0.05, 0) is 172 Å². The number of halogens is 5. The summed E-state index contributed by atoms with van der Waals surface area (Å²) in [5.74, 6) is -2.47. The highest BCUT2D eigenvalue weighted by Gasteiger charge is 2.49. The molecule has 5 aromatic rings. The second-order valence-corrected chi connectivity index (χ2v) is 31.8. The second-order valence-electron chi connectivity index (χ2n) is 26.6. The van der Waals surface area contributed by atoms with Crippen LogP contribution in [0.1, 0.15) is 91.0 Å². The number of benzene rings is 5. The Kier molecular flexibility index (Phi) is 23.4. The standard InChI is InChI=1S/C70H85ClF4N10O9S3/c1-69(48-83-28-23-49(24-29-83)45-81-31-37-85(38-32-81)56-16-18-60(61(72)42-56)67(88)77-63-20-21-65(86)78-68(63)89)26-22-59(50-8-12-53(71)13-9-50)52(44-69)46-82-33-35-84(36-34-82)55-14-10-51(11-15-55)66(87)79-97(92,93)58-17-19-62(64(43-58)96(90,91)70(73,74)75)76-54(47-95-57-6-3-2-4-7-57)25-30-80-27-5-40-94-41-39-80/h2-4,6-19,42-43,49,54,63,76H,5,20-41,44-48H2,1H3,(H,77,88)(H,79,87)(H,78,86,89)/t54-,63+,69-/m1/s1. The zero-order chi connectivity index (χ0) is 68.5. The first kappa shape index (κ1) is 71.7. The predicted molar refractivity (Wildman–Crippen MR) is 369 cm³/mol. The van der Waals surface area contributed by atoms with Gasteiger partial charge in [-0.25, -0.2) is 25.9 Å². The topological polar surface area (TPSA) is 213 Å². The highest BCUT2D eigenvalue weighted by molar-refractivity contribution is 7.99. The second kappa shape index (κ2) is 31.7.